The molecule has 4 aliphatic rings. The summed E-state index contributed by atoms with van der Waals surface area (Å²) in [6.45, 7) is 10.2. The Balaban J connectivity index is 1.46. The van der Waals surface area contributed by atoms with Crippen LogP contribution in [0.1, 0.15) is 100 Å². The van der Waals surface area contributed by atoms with Gasteiger partial charge in [0.15, 0.2) is 23.6 Å². The number of carbonyl (C=O) groups is 7. The van der Waals surface area contributed by atoms with Gasteiger partial charge < -0.3 is 48.9 Å². The molecule has 3 fully saturated rings. The molecule has 3 aliphatic carbocycles. The van der Waals surface area contributed by atoms with E-state index < -0.39 is 131 Å². The van der Waals surface area contributed by atoms with E-state index in [1.165, 1.54) is 6.92 Å². The molecular weight excluding hydrogens is 956 g/mol. The van der Waals surface area contributed by atoms with Gasteiger partial charge in [-0.05, 0) is 80.8 Å². The summed E-state index contributed by atoms with van der Waals surface area (Å²) in [5.74, 6) is -7.61. The van der Waals surface area contributed by atoms with Crippen molar-refractivity contribution in [2.75, 3.05) is 25.5 Å². The van der Waals surface area contributed by atoms with Gasteiger partial charge in [0, 0.05) is 49.6 Å². The number of ether oxygens (including phenoxy) is 7. The molecule has 0 spiro atoms. The van der Waals surface area contributed by atoms with Gasteiger partial charge in [-0.1, -0.05) is 62.4 Å². The molecule has 2 saturated carbocycles. The molecule has 17 nitrogen and oxygen atoms in total. The van der Waals surface area contributed by atoms with Crippen molar-refractivity contribution >= 4 is 54.3 Å². The van der Waals surface area contributed by atoms with Crippen LogP contribution in [0, 0.1) is 22.6 Å². The summed E-state index contributed by atoms with van der Waals surface area (Å²) in [6, 6.07) is 20.1. The number of thiol groups is 1. The first-order chi connectivity index (χ1) is 34.2. The largest absolute Gasteiger partial charge is 0.456 e. The van der Waals surface area contributed by atoms with Crippen molar-refractivity contribution in [3.8, 4) is 0 Å². The Morgan fingerprint density at radius 1 is 0.889 bits per heavy atom. The zero-order valence-electron chi connectivity index (χ0n) is 41.1. The average molecular weight is 1020 g/mol. The first-order valence-electron chi connectivity index (χ1n) is 23.9. The molecule has 2 amide bonds. The SMILES string of the molecule is CCNC(=O)O[C@H]1C[C@H]2OC[C@@]2(OC(C)=O)C2[C@H](OC(=O)c3ccc(F)cc3)[C@]3(O)C[C@H](OC(=O)[C@H](OCC)[C@@H](NC(=O)c4ccccc4)c4ccccc4)C(C)=C([C@@H](OC(=O)CCS)C(=O)[C@@]21C)C3(C)C. The second-order valence-corrected chi connectivity index (χ2v) is 19.6. The summed E-state index contributed by atoms with van der Waals surface area (Å²) in [4.78, 5) is 100. The lowest BCUT2D eigenvalue weighted by Gasteiger charge is -2.67. The maximum Gasteiger partial charge on any atom is 0.407 e. The Labute approximate surface area is 422 Å². The second kappa shape index (κ2) is 21.5. The van der Waals surface area contributed by atoms with E-state index in [2.05, 4.69) is 23.3 Å². The second-order valence-electron chi connectivity index (χ2n) is 19.2. The van der Waals surface area contributed by atoms with E-state index in [4.69, 9.17) is 33.2 Å². The van der Waals surface area contributed by atoms with Crippen LogP contribution in [0.2, 0.25) is 0 Å². The van der Waals surface area contributed by atoms with Crippen LogP contribution in [0.3, 0.4) is 0 Å². The number of amides is 2. The van der Waals surface area contributed by atoms with Crippen LogP contribution in [0.4, 0.5) is 9.18 Å². The number of Topliss-reactive ketones (excluding diaryl/α,β-unsaturated/α-hetero) is 1. The molecule has 2 bridgehead atoms. The van der Waals surface area contributed by atoms with E-state index in [1.54, 1.807) is 95.3 Å². The third kappa shape index (κ3) is 9.87. The number of hydrogen-bond donors (Lipinski definition) is 4. The van der Waals surface area contributed by atoms with E-state index in [9.17, 15) is 33.5 Å². The first kappa shape index (κ1) is 53.6. The fraction of sp³-hybridized carbons (Fsp3) is 0.491. The van der Waals surface area contributed by atoms with E-state index >= 15 is 9.59 Å². The number of aliphatic hydroxyl groups is 1. The van der Waals surface area contributed by atoms with E-state index in [0.717, 1.165) is 31.2 Å². The van der Waals surface area contributed by atoms with E-state index in [-0.39, 0.29) is 48.5 Å². The van der Waals surface area contributed by atoms with Crippen LogP contribution < -0.4 is 10.6 Å². The Kier molecular flexibility index (Phi) is 16.0. The van der Waals surface area contributed by atoms with Crippen LogP contribution in [0.15, 0.2) is 96.1 Å². The van der Waals surface area contributed by atoms with Crippen LogP contribution in [-0.4, -0.2) is 120 Å². The van der Waals surface area contributed by atoms with Gasteiger partial charge in [0.1, 0.15) is 35.8 Å². The molecule has 3 aromatic carbocycles. The number of ketones is 1. The van der Waals surface area contributed by atoms with Crippen LogP contribution in [0.5, 0.6) is 0 Å². The predicted molar refractivity (Wildman–Crippen MR) is 258 cm³/mol. The minimum absolute atomic E-state index is 0.00631. The quantitative estimate of drug-likeness (QED) is 0.0561. The fourth-order valence-electron chi connectivity index (χ4n) is 11.1. The van der Waals surface area contributed by atoms with Crippen LogP contribution in [-0.2, 0) is 52.3 Å². The highest BCUT2D eigenvalue weighted by Crippen LogP contribution is 2.65. The highest BCUT2D eigenvalue weighted by molar-refractivity contribution is 7.80. The van der Waals surface area contributed by atoms with Crippen molar-refractivity contribution in [1.29, 1.82) is 0 Å². The van der Waals surface area contributed by atoms with Gasteiger partial charge in [-0.15, -0.1) is 0 Å². The van der Waals surface area contributed by atoms with Gasteiger partial charge in [0.25, 0.3) is 5.91 Å². The number of benzene rings is 3. The third-order valence-corrected chi connectivity index (χ3v) is 14.9. The minimum atomic E-state index is -2.51. The molecule has 3 aromatic rings. The average Bonchev–Trinajstić information content (AvgIpc) is 3.33. The number of halogens is 1. The first-order valence-corrected chi connectivity index (χ1v) is 24.5. The number of alkyl carbamates (subject to hydrolysis) is 1. The number of esters is 4. The maximum absolute atomic E-state index is 16.3. The lowest BCUT2D eigenvalue weighted by atomic mass is 9.44. The van der Waals surface area contributed by atoms with E-state index in [0.29, 0.717) is 11.1 Å². The van der Waals surface area contributed by atoms with Gasteiger partial charge in [-0.2, -0.15) is 12.6 Å². The Hall–Kier alpha value is -6.15. The molecular formula is C53H61FN2O15S. The highest BCUT2D eigenvalue weighted by Gasteiger charge is 2.79. The zero-order chi connectivity index (χ0) is 52.3. The van der Waals surface area contributed by atoms with Gasteiger partial charge >= 0.3 is 30.0 Å². The number of hydrogen-bond acceptors (Lipinski definition) is 16. The summed E-state index contributed by atoms with van der Waals surface area (Å²) in [5, 5.41) is 19.6. The van der Waals surface area contributed by atoms with Gasteiger partial charge in [-0.3, -0.25) is 19.2 Å². The number of rotatable bonds is 16. The maximum atomic E-state index is 16.3. The molecule has 3 N–H and O–H groups in total. The van der Waals surface area contributed by atoms with Gasteiger partial charge in [0.2, 0.25) is 0 Å². The smallest absolute Gasteiger partial charge is 0.407 e. The van der Waals surface area contributed by atoms with Crippen molar-refractivity contribution in [3.05, 3.63) is 119 Å². The Morgan fingerprint density at radius 3 is 2.12 bits per heavy atom. The lowest BCUT2D eigenvalue weighted by Crippen LogP contribution is -2.82. The molecule has 0 radical (unpaired) electrons. The lowest BCUT2D eigenvalue weighted by molar-refractivity contribution is -0.345. The molecule has 0 aromatic heterocycles. The molecule has 11 atom stereocenters. The standard InChI is InChI=1S/C53H61FN2O15S/c1-8-55-49(63)68-36-26-37-52(28-66-37,71-30(4)57)43-45(70-47(61)33-20-22-34(54)23-21-33)53(64)27-35(29(3)39(50(53,5)6)41(44(59)51(36,43)7)69-38(58)24-25-72)67-48(62)42(65-9-2)40(31-16-12-10-13-17-31)56-46(60)32-18-14-11-15-19-32/h10-23,35-37,40-43,45,64,72H,8-9,24-28H2,1-7H3,(H,55,63)(H,56,60)/t35-,36-,37+,40-,41+,42+,43?,45-,51+,52-,53+/m0/s1. The Morgan fingerprint density at radius 2 is 1.54 bits per heavy atom. The molecule has 1 heterocycles. The highest BCUT2D eigenvalue weighted by atomic mass is 32.1. The summed E-state index contributed by atoms with van der Waals surface area (Å²) >= 11 is 4.23. The Bertz CT molecular complexity index is 2580. The topological polar surface area (TPSA) is 228 Å². The van der Waals surface area contributed by atoms with Crippen molar-refractivity contribution in [2.45, 2.75) is 122 Å². The molecule has 19 heteroatoms. The summed E-state index contributed by atoms with van der Waals surface area (Å²) < 4.78 is 57.9. The van der Waals surface area contributed by atoms with Crippen LogP contribution >= 0.6 is 12.6 Å². The molecule has 72 heavy (non-hydrogen) atoms. The van der Waals surface area contributed by atoms with Crippen molar-refractivity contribution in [3.63, 3.8) is 0 Å². The summed E-state index contributed by atoms with van der Waals surface area (Å²) in [5.41, 5.74) is -7.62. The van der Waals surface area contributed by atoms with E-state index in [1.807, 2.05) is 0 Å². The van der Waals surface area contributed by atoms with Crippen molar-refractivity contribution in [1.82, 2.24) is 10.6 Å². The van der Waals surface area contributed by atoms with Crippen molar-refractivity contribution in [2.24, 2.45) is 16.7 Å². The van der Waals surface area contributed by atoms with Gasteiger partial charge in [-0.25, -0.2) is 18.8 Å². The zero-order valence-corrected chi connectivity index (χ0v) is 42.0. The number of carbonyl (C=O) groups excluding carboxylic acids is 7. The fourth-order valence-corrected chi connectivity index (χ4v) is 11.3. The monoisotopic (exact) mass is 1020 g/mol. The molecule has 386 valence electrons. The summed E-state index contributed by atoms with van der Waals surface area (Å²) in [7, 11) is 0. The summed E-state index contributed by atoms with van der Waals surface area (Å²) in [6.07, 6.45) is -11.6. The molecule has 1 aliphatic heterocycles. The third-order valence-electron chi connectivity index (χ3n) is 14.7. The van der Waals surface area contributed by atoms with Gasteiger partial charge in [0.05, 0.1) is 36.0 Å². The molecule has 1 unspecified atom stereocenters. The molecule has 7 rings (SSSR count). The molecule has 1 saturated heterocycles. The normalized spacial score (nSPS) is 28.9. The number of nitrogens with one attached hydrogen (secondary N) is 2. The number of fused-ring (bicyclic) bond motifs is 5. The minimum Gasteiger partial charge on any atom is -0.456 e. The van der Waals surface area contributed by atoms with Crippen molar-refractivity contribution < 1.29 is 76.2 Å². The van der Waals surface area contributed by atoms with Crippen LogP contribution in [0.25, 0.3) is 0 Å². The predicted octanol–water partition coefficient (Wildman–Crippen LogP) is 5.97.